The summed E-state index contributed by atoms with van der Waals surface area (Å²) < 4.78 is 0. The molecular formula is C8H10ClN3O. The van der Waals surface area contributed by atoms with Crippen molar-refractivity contribution in [3.05, 3.63) is 34.9 Å². The molecule has 4 nitrogen and oxygen atoms in total. The van der Waals surface area contributed by atoms with Crippen molar-refractivity contribution in [1.82, 2.24) is 10.7 Å². The number of rotatable bonds is 2. The number of carbonyl (C=O) groups excluding carboxylic acids is 1. The third-order valence-corrected chi connectivity index (χ3v) is 1.90. The summed E-state index contributed by atoms with van der Waals surface area (Å²) in [4.78, 5) is 10.7. The van der Waals surface area contributed by atoms with E-state index in [-0.39, 0.29) is 0 Å². The highest BCUT2D eigenvalue weighted by molar-refractivity contribution is 6.31. The number of nitrogens with one attached hydrogen (secondary N) is 2. The highest BCUT2D eigenvalue weighted by Crippen LogP contribution is 2.13. The van der Waals surface area contributed by atoms with Crippen LogP contribution in [0.5, 0.6) is 0 Å². The minimum absolute atomic E-state index is 0.364. The number of carbonyl (C=O) groups is 1. The van der Waals surface area contributed by atoms with Crippen molar-refractivity contribution in [3.8, 4) is 0 Å². The summed E-state index contributed by atoms with van der Waals surface area (Å²) in [5, 5.41) is 3.15. The first-order valence-electron chi connectivity index (χ1n) is 3.72. The molecule has 13 heavy (non-hydrogen) atoms. The highest BCUT2D eigenvalue weighted by atomic mass is 35.5. The Kier molecular flexibility index (Phi) is 3.54. The van der Waals surface area contributed by atoms with Gasteiger partial charge in [-0.15, -0.1) is 0 Å². The van der Waals surface area contributed by atoms with E-state index in [1.54, 1.807) is 6.07 Å². The number of amides is 2. The van der Waals surface area contributed by atoms with E-state index in [9.17, 15) is 4.79 Å². The van der Waals surface area contributed by atoms with Gasteiger partial charge < -0.3 is 5.32 Å². The zero-order chi connectivity index (χ0) is 9.68. The Balaban J connectivity index is 2.54. The molecular weight excluding hydrogens is 190 g/mol. The Morgan fingerprint density at radius 1 is 1.46 bits per heavy atom. The quantitative estimate of drug-likeness (QED) is 0.378. The summed E-state index contributed by atoms with van der Waals surface area (Å²) in [6, 6.07) is 6.84. The second-order valence-corrected chi connectivity index (χ2v) is 2.83. The summed E-state index contributed by atoms with van der Waals surface area (Å²) in [7, 11) is 0. The van der Waals surface area contributed by atoms with Gasteiger partial charge >= 0.3 is 6.03 Å². The van der Waals surface area contributed by atoms with E-state index in [1.165, 1.54) is 0 Å². The molecule has 0 aliphatic heterocycles. The van der Waals surface area contributed by atoms with Gasteiger partial charge in [0, 0.05) is 11.6 Å². The van der Waals surface area contributed by atoms with Crippen molar-refractivity contribution in [3.63, 3.8) is 0 Å². The first kappa shape index (κ1) is 9.83. The lowest BCUT2D eigenvalue weighted by Gasteiger charge is -2.05. The van der Waals surface area contributed by atoms with E-state index in [0.29, 0.717) is 11.6 Å². The van der Waals surface area contributed by atoms with Gasteiger partial charge in [-0.05, 0) is 11.6 Å². The van der Waals surface area contributed by atoms with Crippen LogP contribution in [0.25, 0.3) is 0 Å². The molecule has 0 saturated carbocycles. The number of hydrogen-bond acceptors (Lipinski definition) is 2. The summed E-state index contributed by atoms with van der Waals surface area (Å²) in [5.41, 5.74) is 2.82. The number of hydrogen-bond donors (Lipinski definition) is 3. The summed E-state index contributed by atoms with van der Waals surface area (Å²) in [6.45, 7) is 0.364. The molecule has 0 spiro atoms. The van der Waals surface area contributed by atoms with Gasteiger partial charge in [0.2, 0.25) is 0 Å². The average Bonchev–Trinajstić information content (AvgIpc) is 2.16. The molecule has 0 atom stereocenters. The van der Waals surface area contributed by atoms with Crippen LogP contribution >= 0.6 is 11.6 Å². The van der Waals surface area contributed by atoms with Crippen molar-refractivity contribution in [2.75, 3.05) is 0 Å². The number of halogens is 1. The van der Waals surface area contributed by atoms with Crippen LogP contribution in [0.4, 0.5) is 4.79 Å². The van der Waals surface area contributed by atoms with Gasteiger partial charge in [-0.2, -0.15) is 0 Å². The Labute approximate surface area is 81.0 Å². The lowest BCUT2D eigenvalue weighted by Crippen LogP contribution is -2.39. The Bertz CT molecular complexity index is 303. The predicted molar refractivity (Wildman–Crippen MR) is 51.0 cm³/mol. The van der Waals surface area contributed by atoms with Crippen LogP contribution in [0, 0.1) is 0 Å². The minimum atomic E-state index is -0.431. The zero-order valence-corrected chi connectivity index (χ0v) is 7.64. The second-order valence-electron chi connectivity index (χ2n) is 2.42. The van der Waals surface area contributed by atoms with E-state index < -0.39 is 6.03 Å². The molecule has 4 N–H and O–H groups in total. The molecule has 2 amide bonds. The van der Waals surface area contributed by atoms with Crippen molar-refractivity contribution in [1.29, 1.82) is 0 Å². The van der Waals surface area contributed by atoms with Crippen LogP contribution in [0.15, 0.2) is 24.3 Å². The summed E-state index contributed by atoms with van der Waals surface area (Å²) in [5.74, 6) is 4.88. The van der Waals surface area contributed by atoms with E-state index >= 15 is 0 Å². The fourth-order valence-corrected chi connectivity index (χ4v) is 1.07. The molecule has 70 valence electrons. The molecule has 1 aromatic rings. The van der Waals surface area contributed by atoms with Crippen molar-refractivity contribution >= 4 is 17.6 Å². The largest absolute Gasteiger partial charge is 0.333 e. The number of hydrazine groups is 1. The maximum Gasteiger partial charge on any atom is 0.329 e. The van der Waals surface area contributed by atoms with Gasteiger partial charge in [-0.3, -0.25) is 5.43 Å². The van der Waals surface area contributed by atoms with E-state index in [2.05, 4.69) is 5.32 Å². The van der Waals surface area contributed by atoms with Gasteiger partial charge in [0.15, 0.2) is 0 Å². The van der Waals surface area contributed by atoms with E-state index in [4.69, 9.17) is 17.4 Å². The van der Waals surface area contributed by atoms with E-state index in [0.717, 1.165) is 5.56 Å². The maximum absolute atomic E-state index is 10.7. The van der Waals surface area contributed by atoms with Crippen LogP contribution in [-0.4, -0.2) is 6.03 Å². The fraction of sp³-hybridized carbons (Fsp3) is 0.125. The van der Waals surface area contributed by atoms with Crippen LogP contribution in [-0.2, 0) is 6.54 Å². The number of urea groups is 1. The molecule has 0 aliphatic rings. The van der Waals surface area contributed by atoms with Crippen LogP contribution in [0.1, 0.15) is 5.56 Å². The second kappa shape index (κ2) is 4.69. The Morgan fingerprint density at radius 2 is 2.15 bits per heavy atom. The molecule has 0 aromatic heterocycles. The molecule has 1 aromatic carbocycles. The van der Waals surface area contributed by atoms with Crippen molar-refractivity contribution in [2.24, 2.45) is 5.84 Å². The lowest BCUT2D eigenvalue weighted by atomic mass is 10.2. The van der Waals surface area contributed by atoms with Gasteiger partial charge in [0.1, 0.15) is 0 Å². The highest BCUT2D eigenvalue weighted by Gasteiger charge is 2.00. The Morgan fingerprint density at radius 3 is 2.77 bits per heavy atom. The zero-order valence-electron chi connectivity index (χ0n) is 6.88. The maximum atomic E-state index is 10.7. The minimum Gasteiger partial charge on any atom is -0.333 e. The first-order valence-corrected chi connectivity index (χ1v) is 4.09. The third-order valence-electron chi connectivity index (χ3n) is 1.53. The normalized spacial score (nSPS) is 9.38. The molecule has 0 bridgehead atoms. The monoisotopic (exact) mass is 199 g/mol. The third kappa shape index (κ3) is 2.93. The smallest absolute Gasteiger partial charge is 0.329 e. The van der Waals surface area contributed by atoms with Gasteiger partial charge in [0.05, 0.1) is 0 Å². The van der Waals surface area contributed by atoms with Gasteiger partial charge in [-0.25, -0.2) is 10.6 Å². The molecule has 0 unspecified atom stereocenters. The topological polar surface area (TPSA) is 67.1 Å². The average molecular weight is 200 g/mol. The van der Waals surface area contributed by atoms with E-state index in [1.807, 2.05) is 23.6 Å². The number of benzene rings is 1. The SMILES string of the molecule is NNC(=O)NCc1ccccc1Cl. The molecule has 0 fully saturated rings. The molecule has 0 saturated heterocycles. The standard InChI is InChI=1S/C8H10ClN3O/c9-7-4-2-1-3-6(7)5-11-8(13)12-10/h1-4H,5,10H2,(H2,11,12,13). The summed E-state index contributed by atoms with van der Waals surface area (Å²) >= 11 is 5.85. The number of nitrogens with two attached hydrogens (primary N) is 1. The van der Waals surface area contributed by atoms with Crippen molar-refractivity contribution in [2.45, 2.75) is 6.54 Å². The lowest BCUT2D eigenvalue weighted by molar-refractivity contribution is 0.241. The molecule has 5 heteroatoms. The molecule has 0 heterocycles. The molecule has 0 radical (unpaired) electrons. The van der Waals surface area contributed by atoms with Gasteiger partial charge in [-0.1, -0.05) is 29.8 Å². The van der Waals surface area contributed by atoms with Crippen LogP contribution in [0.2, 0.25) is 5.02 Å². The molecule has 0 aliphatic carbocycles. The van der Waals surface area contributed by atoms with Crippen molar-refractivity contribution < 1.29 is 4.79 Å². The fourth-order valence-electron chi connectivity index (χ4n) is 0.868. The Hall–Kier alpha value is -1.26. The van der Waals surface area contributed by atoms with Crippen LogP contribution in [0.3, 0.4) is 0 Å². The predicted octanol–water partition coefficient (Wildman–Crippen LogP) is 1.01. The molecule has 1 rings (SSSR count). The summed E-state index contributed by atoms with van der Waals surface area (Å²) in [6.07, 6.45) is 0. The van der Waals surface area contributed by atoms with Gasteiger partial charge in [0.25, 0.3) is 0 Å². The van der Waals surface area contributed by atoms with Crippen LogP contribution < -0.4 is 16.6 Å². The first-order chi connectivity index (χ1) is 6.24.